The normalized spacial score (nSPS) is 25.2. The smallest absolute Gasteiger partial charge is 0.0474 e. The Morgan fingerprint density at radius 3 is 2.84 bits per heavy atom. The molecule has 3 unspecified atom stereocenters. The Hall–Kier alpha value is -0.420. The molecule has 4 heteroatoms. The maximum atomic E-state index is 9.48. The fraction of sp³-hybridized carbons (Fsp3) is 0.600. The van der Waals surface area contributed by atoms with Crippen molar-refractivity contribution in [1.82, 2.24) is 5.32 Å². The maximum absolute atomic E-state index is 9.48. The van der Waals surface area contributed by atoms with E-state index in [0.29, 0.717) is 18.5 Å². The van der Waals surface area contributed by atoms with E-state index in [2.05, 4.69) is 33.4 Å². The van der Waals surface area contributed by atoms with Crippen molar-refractivity contribution in [3.05, 3.63) is 34.3 Å². The third-order valence-corrected chi connectivity index (χ3v) is 4.54. The molecule has 1 aromatic carbocycles. The number of rotatable bonds is 5. The Balaban J connectivity index is 2.05. The van der Waals surface area contributed by atoms with E-state index in [1.54, 1.807) is 0 Å². The minimum atomic E-state index is 0.162. The Bertz CT molecular complexity index is 399. The van der Waals surface area contributed by atoms with E-state index in [1.807, 2.05) is 12.1 Å². The van der Waals surface area contributed by atoms with Crippen molar-refractivity contribution in [2.45, 2.75) is 37.8 Å². The van der Waals surface area contributed by atoms with Crippen molar-refractivity contribution >= 4 is 15.9 Å². The summed E-state index contributed by atoms with van der Waals surface area (Å²) in [5.74, 6) is 0.370. The van der Waals surface area contributed by atoms with Gasteiger partial charge in [0.15, 0.2) is 0 Å². The van der Waals surface area contributed by atoms with E-state index in [0.717, 1.165) is 17.3 Å². The van der Waals surface area contributed by atoms with Gasteiger partial charge in [-0.05, 0) is 36.5 Å². The standard InChI is InChI=1S/C15H23BrN2O/c16-13-6-3-5-11(8-13)15(9-17)18-14-7-2-1-4-12(14)10-19/h3,5-6,8,12,14-15,18-19H,1-2,4,7,9-10,17H2. The number of hydrogen-bond acceptors (Lipinski definition) is 3. The molecule has 3 atom stereocenters. The lowest BCUT2D eigenvalue weighted by atomic mass is 9.84. The first-order valence-corrected chi connectivity index (χ1v) is 7.86. The summed E-state index contributed by atoms with van der Waals surface area (Å²) in [4.78, 5) is 0. The van der Waals surface area contributed by atoms with Crippen molar-refractivity contribution in [3.8, 4) is 0 Å². The van der Waals surface area contributed by atoms with Crippen molar-refractivity contribution in [2.24, 2.45) is 11.7 Å². The maximum Gasteiger partial charge on any atom is 0.0474 e. The minimum absolute atomic E-state index is 0.162. The lowest BCUT2D eigenvalue weighted by molar-refractivity contribution is 0.146. The molecule has 0 saturated heterocycles. The van der Waals surface area contributed by atoms with Gasteiger partial charge in [0, 0.05) is 29.7 Å². The van der Waals surface area contributed by atoms with Crippen LogP contribution in [-0.2, 0) is 0 Å². The number of benzene rings is 1. The summed E-state index contributed by atoms with van der Waals surface area (Å²) >= 11 is 3.50. The summed E-state index contributed by atoms with van der Waals surface area (Å²) in [7, 11) is 0. The third-order valence-electron chi connectivity index (χ3n) is 4.05. The Kier molecular flexibility index (Phi) is 5.82. The topological polar surface area (TPSA) is 58.3 Å². The van der Waals surface area contributed by atoms with Crippen molar-refractivity contribution < 1.29 is 5.11 Å². The molecule has 19 heavy (non-hydrogen) atoms. The molecule has 0 heterocycles. The van der Waals surface area contributed by atoms with Crippen molar-refractivity contribution in [1.29, 1.82) is 0 Å². The van der Waals surface area contributed by atoms with E-state index in [1.165, 1.54) is 18.4 Å². The molecule has 2 rings (SSSR count). The van der Waals surface area contributed by atoms with Crippen LogP contribution in [0.1, 0.15) is 37.3 Å². The van der Waals surface area contributed by atoms with E-state index < -0.39 is 0 Å². The molecule has 3 nitrogen and oxygen atoms in total. The second-order valence-corrected chi connectivity index (χ2v) is 6.26. The summed E-state index contributed by atoms with van der Waals surface area (Å²) in [6.45, 7) is 0.846. The number of hydrogen-bond donors (Lipinski definition) is 3. The molecule has 1 fully saturated rings. The zero-order valence-electron chi connectivity index (χ0n) is 11.2. The quantitative estimate of drug-likeness (QED) is 0.779. The largest absolute Gasteiger partial charge is 0.396 e. The monoisotopic (exact) mass is 326 g/mol. The van der Waals surface area contributed by atoms with Crippen LogP contribution in [0.4, 0.5) is 0 Å². The summed E-state index contributed by atoms with van der Waals surface area (Å²) in [6, 6.07) is 8.82. The lowest BCUT2D eigenvalue weighted by Crippen LogP contribution is -2.44. The van der Waals surface area contributed by atoms with Gasteiger partial charge in [-0.2, -0.15) is 0 Å². The number of aliphatic hydroxyl groups excluding tert-OH is 1. The van der Waals surface area contributed by atoms with Crippen LogP contribution in [0.25, 0.3) is 0 Å². The highest BCUT2D eigenvalue weighted by Crippen LogP contribution is 2.27. The van der Waals surface area contributed by atoms with Crippen molar-refractivity contribution in [3.63, 3.8) is 0 Å². The van der Waals surface area contributed by atoms with E-state index in [-0.39, 0.29) is 12.6 Å². The van der Waals surface area contributed by atoms with Crippen LogP contribution in [0.3, 0.4) is 0 Å². The zero-order valence-corrected chi connectivity index (χ0v) is 12.8. The van der Waals surface area contributed by atoms with Gasteiger partial charge in [0.2, 0.25) is 0 Å². The molecular formula is C15H23BrN2O. The number of halogens is 1. The molecule has 106 valence electrons. The SMILES string of the molecule is NCC(NC1CCCCC1CO)c1cccc(Br)c1. The highest BCUT2D eigenvalue weighted by atomic mass is 79.9. The average molecular weight is 327 g/mol. The summed E-state index contributed by atoms with van der Waals surface area (Å²) in [5.41, 5.74) is 7.13. The fourth-order valence-corrected chi connectivity index (χ4v) is 3.34. The molecule has 1 aromatic rings. The van der Waals surface area contributed by atoms with Crippen LogP contribution >= 0.6 is 15.9 Å². The van der Waals surface area contributed by atoms with Crippen molar-refractivity contribution in [2.75, 3.05) is 13.2 Å². The van der Waals surface area contributed by atoms with Crippen LogP contribution in [0.2, 0.25) is 0 Å². The molecule has 4 N–H and O–H groups in total. The summed E-state index contributed by atoms with van der Waals surface area (Å²) in [6.07, 6.45) is 4.72. The second-order valence-electron chi connectivity index (χ2n) is 5.34. The molecule has 1 saturated carbocycles. The molecule has 0 radical (unpaired) electrons. The first kappa shape index (κ1) is 15.0. The van der Waals surface area contributed by atoms with Gasteiger partial charge in [0.25, 0.3) is 0 Å². The first-order chi connectivity index (χ1) is 9.24. The predicted octanol–water partition coefficient (Wildman–Crippen LogP) is 2.59. The van der Waals surface area contributed by atoms with Crippen LogP contribution < -0.4 is 11.1 Å². The van der Waals surface area contributed by atoms with Gasteiger partial charge in [-0.1, -0.05) is 40.9 Å². The zero-order chi connectivity index (χ0) is 13.7. The molecular weight excluding hydrogens is 304 g/mol. The highest BCUT2D eigenvalue weighted by Gasteiger charge is 2.26. The molecule has 0 aliphatic heterocycles. The Morgan fingerprint density at radius 1 is 1.37 bits per heavy atom. The van der Waals surface area contributed by atoms with E-state index in [9.17, 15) is 5.11 Å². The van der Waals surface area contributed by atoms with Gasteiger partial charge in [-0.3, -0.25) is 0 Å². The predicted molar refractivity (Wildman–Crippen MR) is 81.9 cm³/mol. The van der Waals surface area contributed by atoms with Gasteiger partial charge in [-0.15, -0.1) is 0 Å². The van der Waals surface area contributed by atoms with Crippen LogP contribution in [0, 0.1) is 5.92 Å². The van der Waals surface area contributed by atoms with Gasteiger partial charge in [0.1, 0.15) is 0 Å². The van der Waals surface area contributed by atoms with E-state index >= 15 is 0 Å². The molecule has 0 spiro atoms. The number of aliphatic hydroxyl groups is 1. The highest BCUT2D eigenvalue weighted by molar-refractivity contribution is 9.10. The molecule has 0 amide bonds. The summed E-state index contributed by atoms with van der Waals surface area (Å²) in [5, 5.41) is 13.1. The summed E-state index contributed by atoms with van der Waals surface area (Å²) < 4.78 is 1.08. The average Bonchev–Trinajstić information content (AvgIpc) is 2.45. The van der Waals surface area contributed by atoms with Gasteiger partial charge in [-0.25, -0.2) is 0 Å². The Morgan fingerprint density at radius 2 is 2.16 bits per heavy atom. The molecule has 1 aliphatic rings. The van der Waals surface area contributed by atoms with Gasteiger partial charge in [0.05, 0.1) is 0 Å². The van der Waals surface area contributed by atoms with Gasteiger partial charge >= 0.3 is 0 Å². The van der Waals surface area contributed by atoms with Crippen LogP contribution in [0.15, 0.2) is 28.7 Å². The first-order valence-electron chi connectivity index (χ1n) is 7.07. The Labute approximate surface area is 123 Å². The van der Waals surface area contributed by atoms with Gasteiger partial charge < -0.3 is 16.2 Å². The fourth-order valence-electron chi connectivity index (χ4n) is 2.93. The number of nitrogens with one attached hydrogen (secondary N) is 1. The second kappa shape index (κ2) is 7.39. The van der Waals surface area contributed by atoms with E-state index in [4.69, 9.17) is 5.73 Å². The lowest BCUT2D eigenvalue weighted by Gasteiger charge is -2.34. The minimum Gasteiger partial charge on any atom is -0.396 e. The van der Waals surface area contributed by atoms with Crippen LogP contribution in [-0.4, -0.2) is 24.3 Å². The molecule has 0 aromatic heterocycles. The third kappa shape index (κ3) is 4.02. The molecule has 0 bridgehead atoms. The van der Waals surface area contributed by atoms with Crippen LogP contribution in [0.5, 0.6) is 0 Å². The molecule has 1 aliphatic carbocycles. The number of nitrogens with two attached hydrogens (primary N) is 1.